The van der Waals surface area contributed by atoms with Gasteiger partial charge in [0.05, 0.1) is 18.3 Å². The van der Waals surface area contributed by atoms with E-state index < -0.39 is 0 Å². The van der Waals surface area contributed by atoms with Crippen LogP contribution in [0.1, 0.15) is 29.0 Å². The van der Waals surface area contributed by atoms with Crippen molar-refractivity contribution in [1.82, 2.24) is 19.6 Å². The van der Waals surface area contributed by atoms with Gasteiger partial charge >= 0.3 is 0 Å². The maximum atomic E-state index is 12.6. The van der Waals surface area contributed by atoms with Crippen molar-refractivity contribution in [2.45, 2.75) is 38.9 Å². The summed E-state index contributed by atoms with van der Waals surface area (Å²) in [5, 5.41) is 3.07. The van der Waals surface area contributed by atoms with Crippen LogP contribution in [0.4, 0.5) is 0 Å². The van der Waals surface area contributed by atoms with Gasteiger partial charge in [0.15, 0.2) is 4.96 Å². The minimum Gasteiger partial charge on any atom is -0.349 e. The summed E-state index contributed by atoms with van der Waals surface area (Å²) in [6, 6.07) is 10.3. The van der Waals surface area contributed by atoms with Gasteiger partial charge in [-0.2, -0.15) is 0 Å². The lowest BCUT2D eigenvalue weighted by Crippen LogP contribution is -2.42. The lowest BCUT2D eigenvalue weighted by molar-refractivity contribution is -0.125. The summed E-state index contributed by atoms with van der Waals surface area (Å²) < 4.78 is 2.03. The predicted octanol–water partition coefficient (Wildman–Crippen LogP) is 2.99. The van der Waals surface area contributed by atoms with Crippen molar-refractivity contribution in [3.05, 3.63) is 58.9 Å². The Morgan fingerprint density at radius 1 is 1.32 bits per heavy atom. The molecule has 130 valence electrons. The van der Waals surface area contributed by atoms with Gasteiger partial charge in [-0.1, -0.05) is 30.3 Å². The third-order valence-electron chi connectivity index (χ3n) is 4.66. The van der Waals surface area contributed by atoms with E-state index in [9.17, 15) is 4.79 Å². The van der Waals surface area contributed by atoms with E-state index in [1.54, 1.807) is 11.3 Å². The summed E-state index contributed by atoms with van der Waals surface area (Å²) in [6.07, 6.45) is 6.06. The molecule has 3 heterocycles. The first-order valence-corrected chi connectivity index (χ1v) is 9.50. The van der Waals surface area contributed by atoms with Gasteiger partial charge in [-0.15, -0.1) is 11.3 Å². The molecular weight excluding hydrogens is 332 g/mol. The van der Waals surface area contributed by atoms with Crippen molar-refractivity contribution in [3.63, 3.8) is 0 Å². The van der Waals surface area contributed by atoms with Crippen LogP contribution in [0.15, 0.2) is 42.7 Å². The van der Waals surface area contributed by atoms with Gasteiger partial charge in [0.1, 0.15) is 0 Å². The number of thiazole rings is 1. The van der Waals surface area contributed by atoms with Crippen LogP contribution in [0.2, 0.25) is 0 Å². The third kappa shape index (κ3) is 3.60. The van der Waals surface area contributed by atoms with Crippen LogP contribution in [0, 0.1) is 6.92 Å². The predicted molar refractivity (Wildman–Crippen MR) is 99.5 cm³/mol. The summed E-state index contributed by atoms with van der Waals surface area (Å²) in [6.45, 7) is 4.37. The van der Waals surface area contributed by atoms with Crippen molar-refractivity contribution >= 4 is 22.2 Å². The average Bonchev–Trinajstić information content (AvgIpc) is 3.28. The van der Waals surface area contributed by atoms with E-state index in [1.165, 1.54) is 10.4 Å². The number of rotatable bonds is 5. The van der Waals surface area contributed by atoms with Gasteiger partial charge < -0.3 is 5.32 Å². The molecule has 5 nitrogen and oxygen atoms in total. The molecule has 1 atom stereocenters. The second kappa shape index (κ2) is 6.98. The molecule has 1 amide bonds. The zero-order chi connectivity index (χ0) is 17.2. The van der Waals surface area contributed by atoms with Gasteiger partial charge in [-0.3, -0.25) is 14.1 Å². The Morgan fingerprint density at radius 2 is 2.16 bits per heavy atom. The van der Waals surface area contributed by atoms with E-state index in [2.05, 4.69) is 40.5 Å². The molecule has 0 aliphatic carbocycles. The molecule has 0 unspecified atom stereocenters. The molecule has 3 aromatic rings. The van der Waals surface area contributed by atoms with E-state index >= 15 is 0 Å². The van der Waals surface area contributed by atoms with Gasteiger partial charge in [0.2, 0.25) is 5.91 Å². The number of aryl methyl sites for hydroxylation is 1. The van der Waals surface area contributed by atoms with Crippen LogP contribution in [-0.2, 0) is 17.9 Å². The summed E-state index contributed by atoms with van der Waals surface area (Å²) in [7, 11) is 0. The maximum Gasteiger partial charge on any atom is 0.237 e. The first-order chi connectivity index (χ1) is 12.2. The fourth-order valence-electron chi connectivity index (χ4n) is 3.47. The number of nitrogens with zero attached hydrogens (tertiary/aromatic N) is 3. The smallest absolute Gasteiger partial charge is 0.237 e. The number of benzene rings is 1. The normalized spacial score (nSPS) is 18.0. The molecule has 1 aliphatic rings. The van der Waals surface area contributed by atoms with Gasteiger partial charge in [-0.05, 0) is 31.9 Å². The number of hydrogen-bond donors (Lipinski definition) is 1. The number of imidazole rings is 1. The van der Waals surface area contributed by atoms with E-state index in [0.717, 1.165) is 36.6 Å². The van der Waals surface area contributed by atoms with Gasteiger partial charge in [0, 0.05) is 23.8 Å². The first kappa shape index (κ1) is 16.3. The standard InChI is InChI=1S/C19H22N4OS/c1-14-11-23-13-16(21-19(23)25-14)10-20-18(24)17-8-5-9-22(17)12-15-6-3-2-4-7-15/h2-4,6-7,11,13,17H,5,8-10,12H2,1H3,(H,20,24)/t17-/m0/s1. The van der Waals surface area contributed by atoms with Crippen LogP contribution in [-0.4, -0.2) is 32.8 Å². The van der Waals surface area contributed by atoms with Crippen LogP contribution in [0.3, 0.4) is 0 Å². The second-order valence-corrected chi connectivity index (χ2v) is 7.81. The lowest BCUT2D eigenvalue weighted by atomic mass is 10.1. The minimum absolute atomic E-state index is 0.0359. The molecular formula is C19H22N4OS. The number of fused-ring (bicyclic) bond motifs is 1. The molecule has 1 saturated heterocycles. The van der Waals surface area contributed by atoms with Crippen LogP contribution < -0.4 is 5.32 Å². The number of hydrogen-bond acceptors (Lipinski definition) is 4. The topological polar surface area (TPSA) is 49.6 Å². The number of amides is 1. The fraction of sp³-hybridized carbons (Fsp3) is 0.368. The molecule has 1 aromatic carbocycles. The Morgan fingerprint density at radius 3 is 2.96 bits per heavy atom. The Balaban J connectivity index is 1.36. The lowest BCUT2D eigenvalue weighted by Gasteiger charge is -2.23. The van der Waals surface area contributed by atoms with Gasteiger partial charge in [-0.25, -0.2) is 4.98 Å². The van der Waals surface area contributed by atoms with E-state index in [-0.39, 0.29) is 11.9 Å². The highest BCUT2D eigenvalue weighted by atomic mass is 32.1. The number of nitrogens with one attached hydrogen (secondary N) is 1. The van der Waals surface area contributed by atoms with Crippen molar-refractivity contribution in [1.29, 1.82) is 0 Å². The largest absolute Gasteiger partial charge is 0.349 e. The molecule has 1 aliphatic heterocycles. The van der Waals surface area contributed by atoms with E-state index in [4.69, 9.17) is 0 Å². The Labute approximate surface area is 151 Å². The zero-order valence-corrected chi connectivity index (χ0v) is 15.1. The Hall–Kier alpha value is -2.18. The van der Waals surface area contributed by atoms with E-state index in [0.29, 0.717) is 6.54 Å². The zero-order valence-electron chi connectivity index (χ0n) is 14.3. The molecule has 0 bridgehead atoms. The molecule has 0 radical (unpaired) electrons. The Kier molecular flexibility index (Phi) is 4.55. The van der Waals surface area contributed by atoms with Crippen LogP contribution >= 0.6 is 11.3 Å². The molecule has 25 heavy (non-hydrogen) atoms. The van der Waals surface area contributed by atoms with Crippen molar-refractivity contribution in [2.75, 3.05) is 6.54 Å². The highest BCUT2D eigenvalue weighted by Crippen LogP contribution is 2.21. The van der Waals surface area contributed by atoms with Crippen LogP contribution in [0.5, 0.6) is 0 Å². The quantitative estimate of drug-likeness (QED) is 0.766. The molecule has 1 fully saturated rings. The number of likely N-dealkylation sites (tertiary alicyclic amines) is 1. The third-order valence-corrected chi connectivity index (χ3v) is 5.57. The SMILES string of the molecule is Cc1cn2cc(CNC(=O)[C@@H]3CCCN3Cc3ccccc3)nc2s1. The summed E-state index contributed by atoms with van der Waals surface area (Å²) >= 11 is 1.67. The van der Waals surface area contributed by atoms with Crippen LogP contribution in [0.25, 0.3) is 4.96 Å². The molecule has 2 aromatic heterocycles. The van der Waals surface area contributed by atoms with Crippen molar-refractivity contribution in [2.24, 2.45) is 0 Å². The molecule has 6 heteroatoms. The van der Waals surface area contributed by atoms with Crippen molar-refractivity contribution < 1.29 is 4.79 Å². The summed E-state index contributed by atoms with van der Waals surface area (Å²) in [5.74, 6) is 0.112. The minimum atomic E-state index is -0.0359. The maximum absolute atomic E-state index is 12.6. The summed E-state index contributed by atoms with van der Waals surface area (Å²) in [4.78, 5) is 21.7. The monoisotopic (exact) mass is 354 g/mol. The molecule has 4 rings (SSSR count). The molecule has 1 N–H and O–H groups in total. The second-order valence-electron chi connectivity index (χ2n) is 6.60. The van der Waals surface area contributed by atoms with E-state index in [1.807, 2.05) is 28.8 Å². The molecule has 0 spiro atoms. The van der Waals surface area contributed by atoms with Gasteiger partial charge in [0.25, 0.3) is 0 Å². The molecule has 0 saturated carbocycles. The number of carbonyl (C=O) groups excluding carboxylic acids is 1. The first-order valence-electron chi connectivity index (χ1n) is 8.69. The summed E-state index contributed by atoms with van der Waals surface area (Å²) in [5.41, 5.74) is 2.17. The number of aromatic nitrogens is 2. The number of carbonyl (C=O) groups is 1. The van der Waals surface area contributed by atoms with Crippen molar-refractivity contribution in [3.8, 4) is 0 Å². The highest BCUT2D eigenvalue weighted by Gasteiger charge is 2.30. The Bertz CT molecular complexity index is 839. The highest BCUT2D eigenvalue weighted by molar-refractivity contribution is 7.16. The average molecular weight is 354 g/mol. The fourth-order valence-corrected chi connectivity index (χ4v) is 4.30.